The lowest BCUT2D eigenvalue weighted by molar-refractivity contribution is 0.0820. The van der Waals surface area contributed by atoms with E-state index in [1.54, 1.807) is 6.07 Å². The normalized spacial score (nSPS) is 20.2. The molecule has 1 N–H and O–H groups in total. The Balaban J connectivity index is 2.29. The third-order valence-electron chi connectivity index (χ3n) is 3.01. The molecular formula is C13H19Cl2N3O. The van der Waals surface area contributed by atoms with Crippen LogP contribution >= 0.6 is 23.2 Å². The molecule has 0 aromatic carbocycles. The average molecular weight is 304 g/mol. The molecule has 0 spiro atoms. The summed E-state index contributed by atoms with van der Waals surface area (Å²) < 4.78 is 5.64. The lowest BCUT2D eigenvalue weighted by atomic mass is 10.3. The van der Waals surface area contributed by atoms with Crippen molar-refractivity contribution in [3.05, 3.63) is 16.1 Å². The predicted molar refractivity (Wildman–Crippen MR) is 80.7 cm³/mol. The first-order valence-electron chi connectivity index (χ1n) is 6.58. The SMILES string of the molecule is CCNc1nc(N2CCCOC(C)C2)c(Cl)cc1Cl. The maximum atomic E-state index is 6.28. The molecule has 0 saturated carbocycles. The number of hydrogen-bond donors (Lipinski definition) is 1. The standard InChI is InChI=1S/C13H19Cl2N3O/c1-3-16-12-10(14)7-11(15)13(17-12)18-5-4-6-19-9(2)8-18/h7,9H,3-6,8H2,1-2H3,(H,16,17). The van der Waals surface area contributed by atoms with Crippen molar-refractivity contribution in [1.82, 2.24) is 4.98 Å². The summed E-state index contributed by atoms with van der Waals surface area (Å²) in [5.41, 5.74) is 0. The average Bonchev–Trinajstić information content (AvgIpc) is 2.57. The zero-order valence-corrected chi connectivity index (χ0v) is 12.8. The molecular weight excluding hydrogens is 285 g/mol. The highest BCUT2D eigenvalue weighted by Crippen LogP contribution is 2.32. The molecule has 2 heterocycles. The van der Waals surface area contributed by atoms with Gasteiger partial charge in [0, 0.05) is 26.2 Å². The highest BCUT2D eigenvalue weighted by Gasteiger charge is 2.20. The zero-order valence-electron chi connectivity index (χ0n) is 11.2. The Morgan fingerprint density at radius 3 is 3.00 bits per heavy atom. The molecule has 1 unspecified atom stereocenters. The zero-order chi connectivity index (χ0) is 13.8. The van der Waals surface area contributed by atoms with Crippen LogP contribution in [0, 0.1) is 0 Å². The fourth-order valence-electron chi connectivity index (χ4n) is 2.16. The van der Waals surface area contributed by atoms with Gasteiger partial charge in [0.25, 0.3) is 0 Å². The molecule has 2 rings (SSSR count). The van der Waals surface area contributed by atoms with Crippen LogP contribution in [0.4, 0.5) is 11.6 Å². The van der Waals surface area contributed by atoms with Gasteiger partial charge in [-0.05, 0) is 26.3 Å². The first-order chi connectivity index (χ1) is 9.11. The molecule has 1 aliphatic rings. The van der Waals surface area contributed by atoms with Gasteiger partial charge in [-0.15, -0.1) is 0 Å². The molecule has 0 bridgehead atoms. The summed E-state index contributed by atoms with van der Waals surface area (Å²) in [7, 11) is 0. The van der Waals surface area contributed by atoms with Gasteiger partial charge in [0.05, 0.1) is 16.1 Å². The molecule has 0 amide bonds. The first kappa shape index (κ1) is 14.7. The van der Waals surface area contributed by atoms with Crippen molar-refractivity contribution < 1.29 is 4.74 Å². The maximum absolute atomic E-state index is 6.28. The Hall–Kier alpha value is -0.710. The molecule has 19 heavy (non-hydrogen) atoms. The highest BCUT2D eigenvalue weighted by molar-refractivity contribution is 6.37. The van der Waals surface area contributed by atoms with Gasteiger partial charge in [-0.25, -0.2) is 4.98 Å². The first-order valence-corrected chi connectivity index (χ1v) is 7.34. The largest absolute Gasteiger partial charge is 0.377 e. The van der Waals surface area contributed by atoms with E-state index in [9.17, 15) is 0 Å². The minimum absolute atomic E-state index is 0.179. The van der Waals surface area contributed by atoms with Gasteiger partial charge in [-0.1, -0.05) is 23.2 Å². The van der Waals surface area contributed by atoms with Gasteiger partial charge < -0.3 is 15.0 Å². The summed E-state index contributed by atoms with van der Waals surface area (Å²) in [4.78, 5) is 6.72. The molecule has 1 saturated heterocycles. The number of aromatic nitrogens is 1. The van der Waals surface area contributed by atoms with Crippen molar-refractivity contribution in [3.63, 3.8) is 0 Å². The Kier molecular flexibility index (Phi) is 5.13. The van der Waals surface area contributed by atoms with Gasteiger partial charge in [0.1, 0.15) is 11.6 Å². The topological polar surface area (TPSA) is 37.4 Å². The van der Waals surface area contributed by atoms with Gasteiger partial charge in [0.15, 0.2) is 0 Å². The fraction of sp³-hybridized carbons (Fsp3) is 0.615. The quantitative estimate of drug-likeness (QED) is 0.928. The van der Waals surface area contributed by atoms with E-state index in [4.69, 9.17) is 27.9 Å². The van der Waals surface area contributed by atoms with E-state index in [0.29, 0.717) is 15.9 Å². The summed E-state index contributed by atoms with van der Waals surface area (Å²) in [6.07, 6.45) is 1.15. The van der Waals surface area contributed by atoms with E-state index in [1.807, 2.05) is 6.92 Å². The third kappa shape index (κ3) is 3.65. The van der Waals surface area contributed by atoms with Gasteiger partial charge in [-0.2, -0.15) is 0 Å². The van der Waals surface area contributed by atoms with E-state index >= 15 is 0 Å². The Morgan fingerprint density at radius 1 is 1.47 bits per heavy atom. The molecule has 1 aliphatic heterocycles. The Bertz CT molecular complexity index is 442. The van der Waals surface area contributed by atoms with Crippen LogP contribution in [-0.2, 0) is 4.74 Å². The third-order valence-corrected chi connectivity index (χ3v) is 3.57. The molecule has 6 heteroatoms. The molecule has 106 valence electrons. The van der Waals surface area contributed by atoms with Crippen LogP contribution in [0.15, 0.2) is 6.07 Å². The Labute approximate surface area is 124 Å². The van der Waals surface area contributed by atoms with Gasteiger partial charge >= 0.3 is 0 Å². The van der Waals surface area contributed by atoms with Crippen molar-refractivity contribution in [2.45, 2.75) is 26.4 Å². The van der Waals surface area contributed by atoms with E-state index in [0.717, 1.165) is 38.5 Å². The second-order valence-corrected chi connectivity index (χ2v) is 5.45. The number of nitrogens with zero attached hydrogens (tertiary/aromatic N) is 2. The van der Waals surface area contributed by atoms with Crippen LogP contribution in [-0.4, -0.2) is 37.3 Å². The van der Waals surface area contributed by atoms with Crippen LogP contribution in [0.5, 0.6) is 0 Å². The highest BCUT2D eigenvalue weighted by atomic mass is 35.5. The summed E-state index contributed by atoms with van der Waals surface area (Å²) >= 11 is 12.4. The molecule has 4 nitrogen and oxygen atoms in total. The number of nitrogens with one attached hydrogen (secondary N) is 1. The Morgan fingerprint density at radius 2 is 2.26 bits per heavy atom. The summed E-state index contributed by atoms with van der Waals surface area (Å²) in [6, 6.07) is 1.75. The molecule has 1 atom stereocenters. The fourth-order valence-corrected chi connectivity index (χ4v) is 2.70. The second kappa shape index (κ2) is 6.64. The second-order valence-electron chi connectivity index (χ2n) is 4.64. The smallest absolute Gasteiger partial charge is 0.150 e. The molecule has 1 aromatic rings. The van der Waals surface area contributed by atoms with E-state index in [1.165, 1.54) is 0 Å². The number of hydrogen-bond acceptors (Lipinski definition) is 4. The van der Waals surface area contributed by atoms with Crippen molar-refractivity contribution in [1.29, 1.82) is 0 Å². The monoisotopic (exact) mass is 303 g/mol. The number of pyridine rings is 1. The van der Waals surface area contributed by atoms with Crippen LogP contribution < -0.4 is 10.2 Å². The van der Waals surface area contributed by atoms with Crippen molar-refractivity contribution in [2.24, 2.45) is 0 Å². The number of ether oxygens (including phenoxy) is 1. The summed E-state index contributed by atoms with van der Waals surface area (Å²) in [5.74, 6) is 1.46. The van der Waals surface area contributed by atoms with Gasteiger partial charge in [0.2, 0.25) is 0 Å². The van der Waals surface area contributed by atoms with Gasteiger partial charge in [-0.3, -0.25) is 0 Å². The molecule has 1 aromatic heterocycles. The van der Waals surface area contributed by atoms with Crippen LogP contribution in [0.1, 0.15) is 20.3 Å². The van der Waals surface area contributed by atoms with Crippen molar-refractivity contribution in [2.75, 3.05) is 36.5 Å². The van der Waals surface area contributed by atoms with Crippen LogP contribution in [0.25, 0.3) is 0 Å². The lowest BCUT2D eigenvalue weighted by Crippen LogP contribution is -2.31. The summed E-state index contributed by atoms with van der Waals surface area (Å²) in [6.45, 7) is 7.31. The van der Waals surface area contributed by atoms with E-state index < -0.39 is 0 Å². The number of halogens is 2. The van der Waals surface area contributed by atoms with E-state index in [2.05, 4.69) is 22.1 Å². The van der Waals surface area contributed by atoms with Crippen LogP contribution in [0.3, 0.4) is 0 Å². The molecule has 1 fully saturated rings. The lowest BCUT2D eigenvalue weighted by Gasteiger charge is -2.25. The van der Waals surface area contributed by atoms with Crippen molar-refractivity contribution >= 4 is 34.8 Å². The van der Waals surface area contributed by atoms with Crippen molar-refractivity contribution in [3.8, 4) is 0 Å². The van der Waals surface area contributed by atoms with Crippen LogP contribution in [0.2, 0.25) is 10.0 Å². The summed E-state index contributed by atoms with van der Waals surface area (Å²) in [5, 5.41) is 4.28. The minimum atomic E-state index is 0.179. The van der Waals surface area contributed by atoms with E-state index in [-0.39, 0.29) is 6.10 Å². The molecule has 0 aliphatic carbocycles. The predicted octanol–water partition coefficient (Wildman–Crippen LogP) is 3.44. The number of rotatable bonds is 3. The number of anilines is 2. The minimum Gasteiger partial charge on any atom is -0.377 e. The maximum Gasteiger partial charge on any atom is 0.150 e. The molecule has 0 radical (unpaired) electrons.